The van der Waals surface area contributed by atoms with Crippen LogP contribution in [0.4, 0.5) is 0 Å². The number of aryl methyl sites for hydroxylation is 1. The summed E-state index contributed by atoms with van der Waals surface area (Å²) < 4.78 is 4.86. The highest BCUT2D eigenvalue weighted by Gasteiger charge is 2.35. The number of hydrogen-bond donors (Lipinski definition) is 1. The molecule has 7 heteroatoms. The summed E-state index contributed by atoms with van der Waals surface area (Å²) in [6, 6.07) is -0.928. The summed E-state index contributed by atoms with van der Waals surface area (Å²) in [6.45, 7) is 5.51. The third kappa shape index (κ3) is 2.34. The molecule has 1 aromatic rings. The second-order valence-corrected chi connectivity index (χ2v) is 4.42. The Morgan fingerprint density at radius 2 is 2.11 bits per heavy atom. The number of hydrogen-bond acceptors (Lipinski definition) is 5. The van der Waals surface area contributed by atoms with Crippen LogP contribution in [0, 0.1) is 6.92 Å². The Morgan fingerprint density at radius 3 is 2.72 bits per heavy atom. The first-order chi connectivity index (χ1) is 8.49. The maximum Gasteiger partial charge on any atom is 0.245 e. The predicted octanol–water partition coefficient (Wildman–Crippen LogP) is -0.344. The largest absolute Gasteiger partial charge is 0.343 e. The lowest BCUT2D eigenvalue weighted by Crippen LogP contribution is -2.61. The topological polar surface area (TPSA) is 88.3 Å². The third-order valence-electron chi connectivity index (χ3n) is 3.01. The van der Waals surface area contributed by atoms with E-state index in [0.717, 1.165) is 0 Å². The maximum atomic E-state index is 12.0. The summed E-state index contributed by atoms with van der Waals surface area (Å²) >= 11 is 0. The van der Waals surface area contributed by atoms with Crippen LogP contribution in [-0.4, -0.2) is 45.5 Å². The number of carbonyl (C=O) groups excluding carboxylic acids is 2. The molecule has 0 radical (unpaired) electrons. The van der Waals surface area contributed by atoms with Crippen LogP contribution in [-0.2, 0) is 16.0 Å². The smallest absolute Gasteiger partial charge is 0.245 e. The van der Waals surface area contributed by atoms with Crippen molar-refractivity contribution in [2.45, 2.75) is 39.3 Å². The lowest BCUT2D eigenvalue weighted by atomic mass is 10.1. The summed E-state index contributed by atoms with van der Waals surface area (Å²) in [5, 5.41) is 6.39. The quantitative estimate of drug-likeness (QED) is 0.794. The molecule has 2 unspecified atom stereocenters. The fourth-order valence-corrected chi connectivity index (χ4v) is 1.94. The lowest BCUT2D eigenvalue weighted by molar-refractivity contribution is -0.148. The first-order valence-electron chi connectivity index (χ1n) is 5.89. The predicted molar refractivity (Wildman–Crippen MR) is 61.5 cm³/mol. The third-order valence-corrected chi connectivity index (χ3v) is 3.01. The summed E-state index contributed by atoms with van der Waals surface area (Å²) in [7, 11) is 0. The fourth-order valence-electron chi connectivity index (χ4n) is 1.94. The molecule has 18 heavy (non-hydrogen) atoms. The number of amides is 2. The standard InChI is InChI=1S/C11H16N4O3/c1-6-11(17)15(7(2)10(16)12-6)5-4-9-13-8(3)18-14-9/h6-7H,4-5H2,1-3H3,(H,12,16). The summed E-state index contributed by atoms with van der Waals surface area (Å²) in [6.07, 6.45) is 0.480. The zero-order valence-electron chi connectivity index (χ0n) is 10.6. The molecule has 2 heterocycles. The summed E-state index contributed by atoms with van der Waals surface area (Å²) in [5.74, 6) is 0.828. The van der Waals surface area contributed by atoms with Crippen molar-refractivity contribution >= 4 is 11.8 Å². The number of rotatable bonds is 3. The number of carbonyl (C=O) groups is 2. The van der Waals surface area contributed by atoms with E-state index in [9.17, 15) is 9.59 Å². The second-order valence-electron chi connectivity index (χ2n) is 4.42. The Balaban J connectivity index is 2.02. The van der Waals surface area contributed by atoms with Crippen LogP contribution in [0.25, 0.3) is 0 Å². The Hall–Kier alpha value is -1.92. The van der Waals surface area contributed by atoms with Crippen LogP contribution in [0.3, 0.4) is 0 Å². The van der Waals surface area contributed by atoms with Crippen molar-refractivity contribution in [1.82, 2.24) is 20.4 Å². The molecule has 1 aromatic heterocycles. The van der Waals surface area contributed by atoms with E-state index in [1.807, 2.05) is 0 Å². The molecule has 0 aromatic carbocycles. The van der Waals surface area contributed by atoms with Gasteiger partial charge in [-0.15, -0.1) is 0 Å². The van der Waals surface area contributed by atoms with Gasteiger partial charge in [-0.2, -0.15) is 4.98 Å². The number of piperazine rings is 1. The van der Waals surface area contributed by atoms with Crippen molar-refractivity contribution in [1.29, 1.82) is 0 Å². The van der Waals surface area contributed by atoms with Gasteiger partial charge in [0.1, 0.15) is 12.1 Å². The minimum absolute atomic E-state index is 0.0812. The number of aromatic nitrogens is 2. The second kappa shape index (κ2) is 4.75. The molecule has 7 nitrogen and oxygen atoms in total. The average Bonchev–Trinajstić information content (AvgIpc) is 2.73. The Labute approximate surface area is 105 Å². The van der Waals surface area contributed by atoms with Crippen LogP contribution < -0.4 is 5.32 Å². The number of nitrogens with zero attached hydrogens (tertiary/aromatic N) is 3. The summed E-state index contributed by atoms with van der Waals surface area (Å²) in [5.41, 5.74) is 0. The van der Waals surface area contributed by atoms with E-state index in [1.54, 1.807) is 25.7 Å². The van der Waals surface area contributed by atoms with Crippen molar-refractivity contribution in [2.75, 3.05) is 6.54 Å². The van der Waals surface area contributed by atoms with Gasteiger partial charge >= 0.3 is 0 Å². The van der Waals surface area contributed by atoms with Crippen LogP contribution in [0.2, 0.25) is 0 Å². The minimum atomic E-state index is -0.472. The van der Waals surface area contributed by atoms with Crippen LogP contribution in [0.15, 0.2) is 4.52 Å². The molecule has 1 aliphatic rings. The van der Waals surface area contributed by atoms with Crippen molar-refractivity contribution in [3.8, 4) is 0 Å². The van der Waals surface area contributed by atoms with Gasteiger partial charge in [-0.05, 0) is 13.8 Å². The molecule has 0 saturated carbocycles. The van der Waals surface area contributed by atoms with Gasteiger partial charge in [0.15, 0.2) is 5.82 Å². The highest BCUT2D eigenvalue weighted by molar-refractivity contribution is 5.96. The molecule has 1 fully saturated rings. The van der Waals surface area contributed by atoms with E-state index in [2.05, 4.69) is 15.5 Å². The van der Waals surface area contributed by atoms with Crippen molar-refractivity contribution in [3.05, 3.63) is 11.7 Å². The molecular weight excluding hydrogens is 236 g/mol. The van der Waals surface area contributed by atoms with Crippen LogP contribution >= 0.6 is 0 Å². The molecule has 2 atom stereocenters. The van der Waals surface area contributed by atoms with E-state index in [0.29, 0.717) is 24.7 Å². The monoisotopic (exact) mass is 252 g/mol. The Bertz CT molecular complexity index is 471. The van der Waals surface area contributed by atoms with Gasteiger partial charge in [0.25, 0.3) is 0 Å². The zero-order chi connectivity index (χ0) is 13.3. The van der Waals surface area contributed by atoms with Gasteiger partial charge in [0, 0.05) is 19.9 Å². The van der Waals surface area contributed by atoms with E-state index in [-0.39, 0.29) is 11.8 Å². The molecule has 0 bridgehead atoms. The van der Waals surface area contributed by atoms with Crippen molar-refractivity contribution in [3.63, 3.8) is 0 Å². The molecule has 2 rings (SSSR count). The van der Waals surface area contributed by atoms with E-state index in [1.165, 1.54) is 0 Å². The van der Waals surface area contributed by atoms with Gasteiger partial charge in [0.05, 0.1) is 0 Å². The molecule has 1 aliphatic heterocycles. The molecule has 98 valence electrons. The van der Waals surface area contributed by atoms with Gasteiger partial charge in [-0.1, -0.05) is 5.16 Å². The van der Waals surface area contributed by atoms with Gasteiger partial charge in [-0.25, -0.2) is 0 Å². The van der Waals surface area contributed by atoms with E-state index < -0.39 is 12.1 Å². The Kier molecular flexibility index (Phi) is 3.31. The van der Waals surface area contributed by atoms with Gasteiger partial charge < -0.3 is 14.7 Å². The SMILES string of the molecule is Cc1nc(CCN2C(=O)C(C)NC(=O)C2C)no1. The van der Waals surface area contributed by atoms with E-state index >= 15 is 0 Å². The van der Waals surface area contributed by atoms with Gasteiger partial charge in [-0.3, -0.25) is 9.59 Å². The first kappa shape index (κ1) is 12.5. The lowest BCUT2D eigenvalue weighted by Gasteiger charge is -2.35. The first-order valence-corrected chi connectivity index (χ1v) is 5.89. The summed E-state index contributed by atoms with van der Waals surface area (Å²) in [4.78, 5) is 29.2. The zero-order valence-corrected chi connectivity index (χ0v) is 10.6. The molecule has 1 saturated heterocycles. The fraction of sp³-hybridized carbons (Fsp3) is 0.636. The molecule has 1 N–H and O–H groups in total. The average molecular weight is 252 g/mol. The highest BCUT2D eigenvalue weighted by atomic mass is 16.5. The molecule has 0 aliphatic carbocycles. The van der Waals surface area contributed by atoms with Gasteiger partial charge in [0.2, 0.25) is 17.7 Å². The Morgan fingerprint density at radius 1 is 1.39 bits per heavy atom. The van der Waals surface area contributed by atoms with Crippen LogP contribution in [0.1, 0.15) is 25.6 Å². The van der Waals surface area contributed by atoms with Crippen molar-refractivity contribution in [2.24, 2.45) is 0 Å². The normalized spacial score (nSPS) is 24.3. The molecule has 0 spiro atoms. The molecular formula is C11H16N4O3. The van der Waals surface area contributed by atoms with Crippen LogP contribution in [0.5, 0.6) is 0 Å². The number of nitrogens with one attached hydrogen (secondary N) is 1. The van der Waals surface area contributed by atoms with E-state index in [4.69, 9.17) is 4.52 Å². The highest BCUT2D eigenvalue weighted by Crippen LogP contribution is 2.10. The molecule has 2 amide bonds. The van der Waals surface area contributed by atoms with Crippen molar-refractivity contribution < 1.29 is 14.1 Å². The minimum Gasteiger partial charge on any atom is -0.343 e. The maximum absolute atomic E-state index is 12.0.